The number of urea groups is 1. The quantitative estimate of drug-likeness (QED) is 0.707. The zero-order valence-electron chi connectivity index (χ0n) is 10.00. The van der Waals surface area contributed by atoms with Crippen molar-refractivity contribution in [3.05, 3.63) is 11.1 Å². The fourth-order valence-electron chi connectivity index (χ4n) is 1.72. The van der Waals surface area contributed by atoms with Gasteiger partial charge in [-0.1, -0.05) is 22.5 Å². The van der Waals surface area contributed by atoms with E-state index in [0.29, 0.717) is 37.1 Å². The van der Waals surface area contributed by atoms with E-state index in [-0.39, 0.29) is 6.54 Å². The number of carboxylic acids is 1. The van der Waals surface area contributed by atoms with Crippen LogP contribution in [0.5, 0.6) is 0 Å². The Bertz CT molecular complexity index is 340. The summed E-state index contributed by atoms with van der Waals surface area (Å²) < 4.78 is 5.80. The first-order valence-electron chi connectivity index (χ1n) is 5.62. The highest BCUT2D eigenvalue weighted by Gasteiger charge is 2.40. The van der Waals surface area contributed by atoms with Gasteiger partial charge in [0.15, 0.2) is 0 Å². The standard InChI is InChI=1S/C11H17BrN2O4/c1-8(12)6-13-10(17)14-7-11(9(15)16)2-4-18-5-3-11/h1-7H2,(H,15,16)(H2,13,14,17). The lowest BCUT2D eigenvalue weighted by Crippen LogP contribution is -2.48. The molecule has 7 heteroatoms. The summed E-state index contributed by atoms with van der Waals surface area (Å²) in [6.45, 7) is 4.81. The van der Waals surface area contributed by atoms with Crippen molar-refractivity contribution in [2.75, 3.05) is 26.3 Å². The maximum Gasteiger partial charge on any atom is 0.315 e. The van der Waals surface area contributed by atoms with Gasteiger partial charge in [-0.3, -0.25) is 4.79 Å². The van der Waals surface area contributed by atoms with Gasteiger partial charge in [0.05, 0.1) is 12.0 Å². The Morgan fingerprint density at radius 1 is 1.33 bits per heavy atom. The Morgan fingerprint density at radius 3 is 2.44 bits per heavy atom. The van der Waals surface area contributed by atoms with Crippen molar-refractivity contribution in [2.24, 2.45) is 5.41 Å². The van der Waals surface area contributed by atoms with Crippen molar-refractivity contribution in [1.29, 1.82) is 0 Å². The fourth-order valence-corrected chi connectivity index (χ4v) is 1.86. The molecule has 1 aliphatic heterocycles. The molecular formula is C11H17BrN2O4. The molecule has 1 fully saturated rings. The summed E-state index contributed by atoms with van der Waals surface area (Å²) in [5.74, 6) is -0.893. The third-order valence-corrected chi connectivity index (χ3v) is 3.21. The summed E-state index contributed by atoms with van der Waals surface area (Å²) in [6, 6.07) is -0.400. The molecule has 102 valence electrons. The molecule has 2 amide bonds. The van der Waals surface area contributed by atoms with Crippen molar-refractivity contribution < 1.29 is 19.4 Å². The van der Waals surface area contributed by atoms with Crippen molar-refractivity contribution in [3.8, 4) is 0 Å². The molecule has 18 heavy (non-hydrogen) atoms. The highest BCUT2D eigenvalue weighted by Crippen LogP contribution is 2.29. The van der Waals surface area contributed by atoms with E-state index in [1.165, 1.54) is 0 Å². The van der Waals surface area contributed by atoms with Crippen LogP contribution in [0, 0.1) is 5.41 Å². The van der Waals surface area contributed by atoms with E-state index >= 15 is 0 Å². The normalized spacial score (nSPS) is 17.8. The smallest absolute Gasteiger partial charge is 0.315 e. The van der Waals surface area contributed by atoms with Crippen LogP contribution in [0.3, 0.4) is 0 Å². The highest BCUT2D eigenvalue weighted by atomic mass is 79.9. The van der Waals surface area contributed by atoms with E-state index in [1.807, 2.05) is 0 Å². The van der Waals surface area contributed by atoms with Crippen LogP contribution in [0.4, 0.5) is 4.79 Å². The van der Waals surface area contributed by atoms with E-state index in [1.54, 1.807) is 0 Å². The summed E-state index contributed by atoms with van der Waals surface area (Å²) in [4.78, 5) is 22.8. The van der Waals surface area contributed by atoms with Gasteiger partial charge in [-0.25, -0.2) is 4.79 Å². The molecule has 0 radical (unpaired) electrons. The topological polar surface area (TPSA) is 87.7 Å². The zero-order chi connectivity index (χ0) is 13.6. The number of carboxylic acid groups (broad SMARTS) is 1. The number of carbonyl (C=O) groups excluding carboxylic acids is 1. The van der Waals surface area contributed by atoms with Crippen molar-refractivity contribution in [1.82, 2.24) is 10.6 Å². The number of aliphatic carboxylic acids is 1. The van der Waals surface area contributed by atoms with Crippen molar-refractivity contribution >= 4 is 27.9 Å². The lowest BCUT2D eigenvalue weighted by molar-refractivity contribution is -0.154. The maximum absolute atomic E-state index is 11.4. The molecule has 1 saturated heterocycles. The minimum Gasteiger partial charge on any atom is -0.481 e. The van der Waals surface area contributed by atoms with Gasteiger partial charge in [0.25, 0.3) is 0 Å². The van der Waals surface area contributed by atoms with Gasteiger partial charge in [-0.15, -0.1) is 0 Å². The molecule has 0 aromatic rings. The second kappa shape index (κ2) is 6.75. The number of rotatable bonds is 5. The molecule has 1 aliphatic rings. The predicted octanol–water partition coefficient (Wildman–Crippen LogP) is 1.08. The Morgan fingerprint density at radius 2 is 1.94 bits per heavy atom. The van der Waals surface area contributed by atoms with E-state index in [0.717, 1.165) is 0 Å². The lowest BCUT2D eigenvalue weighted by Gasteiger charge is -2.33. The Labute approximate surface area is 114 Å². The maximum atomic E-state index is 11.4. The van der Waals surface area contributed by atoms with Gasteiger partial charge in [-0.2, -0.15) is 0 Å². The molecule has 0 bridgehead atoms. The highest BCUT2D eigenvalue weighted by molar-refractivity contribution is 9.11. The molecule has 0 aliphatic carbocycles. The number of halogens is 1. The number of hydrogen-bond donors (Lipinski definition) is 3. The third kappa shape index (κ3) is 4.30. The second-order valence-electron chi connectivity index (χ2n) is 4.25. The average Bonchev–Trinajstić information content (AvgIpc) is 2.34. The van der Waals surface area contributed by atoms with E-state index < -0.39 is 17.4 Å². The molecular weight excluding hydrogens is 304 g/mol. The molecule has 6 nitrogen and oxygen atoms in total. The van der Waals surface area contributed by atoms with Gasteiger partial charge < -0.3 is 20.5 Å². The predicted molar refractivity (Wildman–Crippen MR) is 69.6 cm³/mol. The monoisotopic (exact) mass is 320 g/mol. The zero-order valence-corrected chi connectivity index (χ0v) is 11.6. The van der Waals surface area contributed by atoms with Crippen LogP contribution >= 0.6 is 15.9 Å². The average molecular weight is 321 g/mol. The molecule has 0 aromatic carbocycles. The minimum atomic E-state index is -0.916. The lowest BCUT2D eigenvalue weighted by atomic mass is 9.80. The molecule has 1 heterocycles. The summed E-state index contributed by atoms with van der Waals surface area (Å²) in [7, 11) is 0. The van der Waals surface area contributed by atoms with Crippen LogP contribution in [-0.2, 0) is 9.53 Å². The van der Waals surface area contributed by atoms with E-state index in [2.05, 4.69) is 33.1 Å². The third-order valence-electron chi connectivity index (χ3n) is 2.93. The first-order chi connectivity index (χ1) is 8.46. The molecule has 1 rings (SSSR count). The number of hydrogen-bond acceptors (Lipinski definition) is 3. The molecule has 0 spiro atoms. The summed E-state index contributed by atoms with van der Waals surface area (Å²) in [5.41, 5.74) is -0.916. The first-order valence-corrected chi connectivity index (χ1v) is 6.42. The van der Waals surface area contributed by atoms with E-state index in [4.69, 9.17) is 4.74 Å². The van der Waals surface area contributed by atoms with Crippen LogP contribution in [0.25, 0.3) is 0 Å². The van der Waals surface area contributed by atoms with Crippen molar-refractivity contribution in [2.45, 2.75) is 12.8 Å². The Kier molecular flexibility index (Phi) is 5.61. The van der Waals surface area contributed by atoms with Gasteiger partial charge >= 0.3 is 12.0 Å². The SMILES string of the molecule is C=C(Br)CNC(=O)NCC1(C(=O)O)CCOCC1. The number of carbonyl (C=O) groups is 2. The number of ether oxygens (including phenoxy) is 1. The summed E-state index contributed by atoms with van der Waals surface area (Å²) in [6.07, 6.45) is 0.821. The van der Waals surface area contributed by atoms with Gasteiger partial charge in [0.2, 0.25) is 0 Å². The van der Waals surface area contributed by atoms with Crippen LogP contribution in [-0.4, -0.2) is 43.4 Å². The van der Waals surface area contributed by atoms with Crippen LogP contribution < -0.4 is 10.6 Å². The fraction of sp³-hybridized carbons (Fsp3) is 0.636. The molecule has 0 aromatic heterocycles. The molecule has 0 unspecified atom stereocenters. The second-order valence-corrected chi connectivity index (χ2v) is 5.37. The molecule has 3 N–H and O–H groups in total. The van der Waals surface area contributed by atoms with Gasteiger partial charge in [0, 0.05) is 24.2 Å². The van der Waals surface area contributed by atoms with E-state index in [9.17, 15) is 14.7 Å². The van der Waals surface area contributed by atoms with Crippen LogP contribution in [0.1, 0.15) is 12.8 Å². The first kappa shape index (κ1) is 15.0. The Hall–Kier alpha value is -1.08. The van der Waals surface area contributed by atoms with Crippen molar-refractivity contribution in [3.63, 3.8) is 0 Å². The number of nitrogens with one attached hydrogen (secondary N) is 2. The molecule has 0 atom stereocenters. The number of amides is 2. The minimum absolute atomic E-state index is 0.103. The molecule has 0 saturated carbocycles. The van der Waals surface area contributed by atoms with Crippen LogP contribution in [0.2, 0.25) is 0 Å². The van der Waals surface area contributed by atoms with Gasteiger partial charge in [0.1, 0.15) is 0 Å². The Balaban J connectivity index is 2.45. The summed E-state index contributed by atoms with van der Waals surface area (Å²) in [5, 5.41) is 14.4. The van der Waals surface area contributed by atoms with Crippen LogP contribution in [0.15, 0.2) is 11.1 Å². The van der Waals surface area contributed by atoms with Gasteiger partial charge in [-0.05, 0) is 12.8 Å². The largest absolute Gasteiger partial charge is 0.481 e. The summed E-state index contributed by atoms with van der Waals surface area (Å²) >= 11 is 3.12.